The van der Waals surface area contributed by atoms with Crippen LogP contribution in [0.2, 0.25) is 5.15 Å². The van der Waals surface area contributed by atoms with E-state index in [9.17, 15) is 0 Å². The van der Waals surface area contributed by atoms with Crippen LogP contribution in [-0.4, -0.2) is 22.6 Å². The van der Waals surface area contributed by atoms with Gasteiger partial charge in [-0.15, -0.1) is 0 Å². The standard InChI is InChI=1S/C10H10ClN3/c11-10-2-1-9(7-13-10)8-14-5-3-12-4-6-14/h1-5,7H,6,8H2. The third-order valence-corrected chi connectivity index (χ3v) is 2.18. The Hall–Kier alpha value is -1.35. The molecule has 0 spiro atoms. The van der Waals surface area contributed by atoms with E-state index in [1.54, 1.807) is 18.5 Å². The van der Waals surface area contributed by atoms with Crippen molar-refractivity contribution in [3.05, 3.63) is 41.4 Å². The summed E-state index contributed by atoms with van der Waals surface area (Å²) in [4.78, 5) is 10.2. The molecule has 0 unspecified atom stereocenters. The number of pyridine rings is 1. The smallest absolute Gasteiger partial charge is 0.129 e. The minimum Gasteiger partial charge on any atom is -0.366 e. The van der Waals surface area contributed by atoms with Crippen LogP contribution in [0.25, 0.3) is 0 Å². The lowest BCUT2D eigenvalue weighted by molar-refractivity contribution is 0.418. The highest BCUT2D eigenvalue weighted by Gasteiger charge is 2.01. The van der Waals surface area contributed by atoms with Gasteiger partial charge in [0.15, 0.2) is 0 Å². The lowest BCUT2D eigenvalue weighted by Crippen LogP contribution is -2.20. The molecule has 0 bridgehead atoms. The molecular formula is C10H10ClN3. The number of aliphatic imine (C=N–C) groups is 1. The molecule has 1 aromatic heterocycles. The fourth-order valence-corrected chi connectivity index (χ4v) is 1.37. The van der Waals surface area contributed by atoms with Gasteiger partial charge in [0.2, 0.25) is 0 Å². The van der Waals surface area contributed by atoms with Gasteiger partial charge in [0, 0.05) is 31.4 Å². The molecule has 72 valence electrons. The zero-order valence-electron chi connectivity index (χ0n) is 7.60. The van der Waals surface area contributed by atoms with Crippen molar-refractivity contribution in [1.29, 1.82) is 0 Å². The summed E-state index contributed by atoms with van der Waals surface area (Å²) in [5.41, 5.74) is 1.15. The van der Waals surface area contributed by atoms with Crippen LogP contribution in [0.4, 0.5) is 0 Å². The zero-order valence-corrected chi connectivity index (χ0v) is 8.35. The highest BCUT2D eigenvalue weighted by molar-refractivity contribution is 6.29. The highest BCUT2D eigenvalue weighted by atomic mass is 35.5. The van der Waals surface area contributed by atoms with E-state index in [0.29, 0.717) is 5.15 Å². The van der Waals surface area contributed by atoms with Gasteiger partial charge in [0.1, 0.15) is 5.15 Å². The van der Waals surface area contributed by atoms with Gasteiger partial charge in [0.05, 0.1) is 6.54 Å². The van der Waals surface area contributed by atoms with Gasteiger partial charge in [-0.25, -0.2) is 4.98 Å². The molecule has 0 saturated carbocycles. The number of nitrogens with zero attached hydrogens (tertiary/aromatic N) is 3. The lowest BCUT2D eigenvalue weighted by Gasteiger charge is -2.19. The third-order valence-electron chi connectivity index (χ3n) is 1.96. The highest BCUT2D eigenvalue weighted by Crippen LogP contribution is 2.08. The Morgan fingerprint density at radius 3 is 3.00 bits per heavy atom. The first kappa shape index (κ1) is 9.21. The number of hydrogen-bond acceptors (Lipinski definition) is 3. The molecule has 0 amide bonds. The molecule has 0 saturated heterocycles. The van der Waals surface area contributed by atoms with E-state index < -0.39 is 0 Å². The molecule has 3 nitrogen and oxygen atoms in total. The van der Waals surface area contributed by atoms with E-state index in [4.69, 9.17) is 11.6 Å². The maximum Gasteiger partial charge on any atom is 0.129 e. The minimum atomic E-state index is 0.532. The maximum absolute atomic E-state index is 5.69. The Kier molecular flexibility index (Phi) is 2.79. The van der Waals surface area contributed by atoms with Gasteiger partial charge < -0.3 is 4.90 Å². The Morgan fingerprint density at radius 1 is 1.43 bits per heavy atom. The molecular weight excluding hydrogens is 198 g/mol. The molecule has 2 heterocycles. The van der Waals surface area contributed by atoms with Gasteiger partial charge >= 0.3 is 0 Å². The summed E-state index contributed by atoms with van der Waals surface area (Å²) in [5.74, 6) is 0. The van der Waals surface area contributed by atoms with Gasteiger partial charge in [-0.05, 0) is 11.6 Å². The van der Waals surface area contributed by atoms with Crippen molar-refractivity contribution in [2.75, 3.05) is 6.54 Å². The Bertz CT molecular complexity index is 356. The average Bonchev–Trinajstić information content (AvgIpc) is 2.23. The number of rotatable bonds is 2. The first-order valence-electron chi connectivity index (χ1n) is 4.37. The van der Waals surface area contributed by atoms with Crippen LogP contribution in [-0.2, 0) is 6.54 Å². The van der Waals surface area contributed by atoms with Crippen LogP contribution >= 0.6 is 11.6 Å². The van der Waals surface area contributed by atoms with Crippen molar-refractivity contribution in [3.63, 3.8) is 0 Å². The van der Waals surface area contributed by atoms with Gasteiger partial charge in [-0.3, -0.25) is 4.99 Å². The van der Waals surface area contributed by atoms with E-state index in [0.717, 1.165) is 18.7 Å². The molecule has 4 heteroatoms. The number of hydrogen-bond donors (Lipinski definition) is 0. The first-order chi connectivity index (χ1) is 6.84. The quantitative estimate of drug-likeness (QED) is 0.695. The van der Waals surface area contributed by atoms with Crippen molar-refractivity contribution >= 4 is 17.8 Å². The largest absolute Gasteiger partial charge is 0.366 e. The molecule has 2 rings (SSSR count). The summed E-state index contributed by atoms with van der Waals surface area (Å²) in [6.45, 7) is 1.69. The Labute approximate surface area is 87.7 Å². The summed E-state index contributed by atoms with van der Waals surface area (Å²) in [7, 11) is 0. The van der Waals surface area contributed by atoms with E-state index in [1.807, 2.05) is 18.5 Å². The summed E-state index contributed by atoms with van der Waals surface area (Å²) < 4.78 is 0. The molecule has 0 aliphatic carbocycles. The fraction of sp³-hybridized carbons (Fsp3) is 0.200. The molecule has 0 aromatic carbocycles. The van der Waals surface area contributed by atoms with Crippen LogP contribution in [0.3, 0.4) is 0 Å². The number of aromatic nitrogens is 1. The summed E-state index contributed by atoms with van der Waals surface area (Å²) >= 11 is 5.69. The van der Waals surface area contributed by atoms with E-state index >= 15 is 0 Å². The topological polar surface area (TPSA) is 28.5 Å². The van der Waals surface area contributed by atoms with Crippen molar-refractivity contribution in [3.8, 4) is 0 Å². The van der Waals surface area contributed by atoms with E-state index in [-0.39, 0.29) is 0 Å². The fourth-order valence-electron chi connectivity index (χ4n) is 1.26. The van der Waals surface area contributed by atoms with Gasteiger partial charge in [-0.1, -0.05) is 17.7 Å². The Balaban J connectivity index is 2.00. The lowest BCUT2D eigenvalue weighted by atomic mass is 10.2. The van der Waals surface area contributed by atoms with Crippen LogP contribution in [0.15, 0.2) is 35.7 Å². The van der Waals surface area contributed by atoms with Crippen LogP contribution in [0.5, 0.6) is 0 Å². The van der Waals surface area contributed by atoms with Crippen molar-refractivity contribution in [2.24, 2.45) is 4.99 Å². The molecule has 1 aliphatic rings. The zero-order chi connectivity index (χ0) is 9.80. The average molecular weight is 208 g/mol. The molecule has 0 N–H and O–H groups in total. The summed E-state index contributed by atoms with van der Waals surface area (Å²) in [6, 6.07) is 3.79. The number of halogens is 1. The molecule has 1 aromatic rings. The summed E-state index contributed by atoms with van der Waals surface area (Å²) in [6.07, 6.45) is 7.42. The third kappa shape index (κ3) is 2.33. The second-order valence-corrected chi connectivity index (χ2v) is 3.44. The molecule has 0 fully saturated rings. The van der Waals surface area contributed by atoms with Crippen molar-refractivity contribution in [2.45, 2.75) is 6.54 Å². The first-order valence-corrected chi connectivity index (χ1v) is 4.75. The molecule has 0 radical (unpaired) electrons. The molecule has 1 aliphatic heterocycles. The van der Waals surface area contributed by atoms with Crippen molar-refractivity contribution < 1.29 is 0 Å². The normalized spacial score (nSPS) is 14.8. The summed E-state index contributed by atoms with van der Waals surface area (Å²) in [5, 5.41) is 0.532. The minimum absolute atomic E-state index is 0.532. The predicted molar refractivity (Wildman–Crippen MR) is 57.3 cm³/mol. The molecule has 14 heavy (non-hydrogen) atoms. The second kappa shape index (κ2) is 4.24. The predicted octanol–water partition coefficient (Wildman–Crippen LogP) is 2.09. The van der Waals surface area contributed by atoms with Gasteiger partial charge in [0.25, 0.3) is 0 Å². The Morgan fingerprint density at radius 2 is 2.36 bits per heavy atom. The van der Waals surface area contributed by atoms with Crippen LogP contribution < -0.4 is 0 Å². The van der Waals surface area contributed by atoms with Crippen molar-refractivity contribution in [1.82, 2.24) is 9.88 Å². The van der Waals surface area contributed by atoms with Crippen LogP contribution in [0, 0.1) is 0 Å². The van der Waals surface area contributed by atoms with E-state index in [1.165, 1.54) is 0 Å². The SMILES string of the molecule is Clc1ccc(CN2C=CN=CC2)cn1. The second-order valence-electron chi connectivity index (χ2n) is 3.05. The monoisotopic (exact) mass is 207 g/mol. The maximum atomic E-state index is 5.69. The molecule has 0 atom stereocenters. The van der Waals surface area contributed by atoms with E-state index in [2.05, 4.69) is 14.9 Å². The van der Waals surface area contributed by atoms with Gasteiger partial charge in [-0.2, -0.15) is 0 Å². The van der Waals surface area contributed by atoms with Crippen LogP contribution in [0.1, 0.15) is 5.56 Å².